The summed E-state index contributed by atoms with van der Waals surface area (Å²) in [5.41, 5.74) is 3.59. The minimum absolute atomic E-state index is 0.0549. The highest BCUT2D eigenvalue weighted by Gasteiger charge is 2.49. The van der Waals surface area contributed by atoms with Crippen molar-refractivity contribution < 1.29 is 4.79 Å². The molecule has 160 valence electrons. The second kappa shape index (κ2) is 7.23. The molecule has 0 spiro atoms. The third-order valence-corrected chi connectivity index (χ3v) is 7.13. The molecule has 6 heteroatoms. The first kappa shape index (κ1) is 20.3. The normalized spacial score (nSPS) is 24.3. The summed E-state index contributed by atoms with van der Waals surface area (Å²) in [4.78, 5) is 29.4. The van der Waals surface area contributed by atoms with Crippen LogP contribution in [0.5, 0.6) is 0 Å². The van der Waals surface area contributed by atoms with Gasteiger partial charge in [-0.15, -0.1) is 0 Å². The van der Waals surface area contributed by atoms with Crippen molar-refractivity contribution in [3.05, 3.63) is 59.4 Å². The number of fused-ring (bicyclic) bond motifs is 4. The number of aromatic nitrogens is 3. The highest BCUT2D eigenvalue weighted by atomic mass is 16.1. The smallest absolute Gasteiger partial charge is 0.176 e. The van der Waals surface area contributed by atoms with Crippen LogP contribution in [0.15, 0.2) is 48.2 Å². The molecule has 32 heavy (non-hydrogen) atoms. The van der Waals surface area contributed by atoms with Crippen molar-refractivity contribution in [2.24, 2.45) is 11.8 Å². The van der Waals surface area contributed by atoms with Gasteiger partial charge in [0.1, 0.15) is 11.9 Å². The zero-order valence-electron chi connectivity index (χ0n) is 18.8. The summed E-state index contributed by atoms with van der Waals surface area (Å²) in [6, 6.07) is 12.1. The van der Waals surface area contributed by atoms with Crippen LogP contribution in [0.4, 0.5) is 5.82 Å². The number of hydrogen-bond acceptors (Lipinski definition) is 6. The van der Waals surface area contributed by atoms with Crippen molar-refractivity contribution in [2.75, 3.05) is 19.0 Å². The molecule has 3 aromatic rings. The molecule has 0 N–H and O–H groups in total. The van der Waals surface area contributed by atoms with Gasteiger partial charge in [-0.2, -0.15) is 5.26 Å². The number of carbonyl (C=O) groups is 1. The molecule has 3 atom stereocenters. The second-order valence-electron chi connectivity index (χ2n) is 9.22. The predicted molar refractivity (Wildman–Crippen MR) is 124 cm³/mol. The topological polar surface area (TPSA) is 82.8 Å². The molecular weight excluding hydrogens is 398 g/mol. The molecule has 0 amide bonds. The number of rotatable bonds is 2. The Morgan fingerprint density at radius 3 is 2.72 bits per heavy atom. The minimum Gasteiger partial charge on any atom is -0.362 e. The lowest BCUT2D eigenvalue weighted by atomic mass is 9.58. The Labute approximate surface area is 187 Å². The number of ketones is 1. The first-order valence-corrected chi connectivity index (χ1v) is 10.9. The third kappa shape index (κ3) is 2.85. The minimum atomic E-state index is -0.503. The molecule has 2 aliphatic carbocycles. The number of nitrogens with zero attached hydrogens (tertiary/aromatic N) is 5. The van der Waals surface area contributed by atoms with Crippen molar-refractivity contribution in [1.82, 2.24) is 15.0 Å². The third-order valence-electron chi connectivity index (χ3n) is 7.13. The lowest BCUT2D eigenvalue weighted by molar-refractivity contribution is -0.121. The van der Waals surface area contributed by atoms with E-state index in [-0.39, 0.29) is 23.2 Å². The lowest BCUT2D eigenvalue weighted by Crippen LogP contribution is -2.46. The van der Waals surface area contributed by atoms with Gasteiger partial charge in [0.15, 0.2) is 11.6 Å². The molecule has 2 heterocycles. The summed E-state index contributed by atoms with van der Waals surface area (Å²) in [7, 11) is 3.99. The molecule has 0 aliphatic heterocycles. The molecule has 1 aromatic carbocycles. The highest BCUT2D eigenvalue weighted by molar-refractivity contribution is 6.02. The summed E-state index contributed by atoms with van der Waals surface area (Å²) >= 11 is 0. The molecular formula is C26H25N5O. The van der Waals surface area contributed by atoms with E-state index in [0.717, 1.165) is 46.4 Å². The van der Waals surface area contributed by atoms with Crippen LogP contribution in [0, 0.1) is 23.2 Å². The Morgan fingerprint density at radius 2 is 1.97 bits per heavy atom. The van der Waals surface area contributed by atoms with E-state index >= 15 is 0 Å². The number of benzene rings is 1. The molecule has 0 saturated heterocycles. The number of pyridine rings is 1. The van der Waals surface area contributed by atoms with Crippen LogP contribution >= 0.6 is 0 Å². The van der Waals surface area contributed by atoms with E-state index in [1.54, 1.807) is 6.20 Å². The Morgan fingerprint density at radius 1 is 1.19 bits per heavy atom. The number of para-hydroxylation sites is 1. The number of hydrogen-bond donors (Lipinski definition) is 0. The molecule has 0 unspecified atom stereocenters. The molecule has 0 bridgehead atoms. The maximum absolute atomic E-state index is 12.7. The van der Waals surface area contributed by atoms with Gasteiger partial charge in [-0.3, -0.25) is 9.78 Å². The zero-order chi connectivity index (χ0) is 22.6. The van der Waals surface area contributed by atoms with E-state index in [1.165, 1.54) is 0 Å². The van der Waals surface area contributed by atoms with Gasteiger partial charge in [0.2, 0.25) is 0 Å². The summed E-state index contributed by atoms with van der Waals surface area (Å²) in [6.45, 7) is 4.07. The Bertz CT molecular complexity index is 1330. The number of carbonyl (C=O) groups excluding carboxylic acids is 1. The fourth-order valence-corrected chi connectivity index (χ4v) is 5.54. The molecule has 0 saturated carbocycles. The van der Waals surface area contributed by atoms with Crippen LogP contribution in [0.3, 0.4) is 0 Å². The van der Waals surface area contributed by atoms with Crippen molar-refractivity contribution in [1.29, 1.82) is 5.26 Å². The highest BCUT2D eigenvalue weighted by Crippen LogP contribution is 2.50. The summed E-state index contributed by atoms with van der Waals surface area (Å²) in [6.07, 6.45) is 5.33. The molecule has 0 radical (unpaired) electrons. The average molecular weight is 424 g/mol. The van der Waals surface area contributed by atoms with Gasteiger partial charge in [0, 0.05) is 48.1 Å². The van der Waals surface area contributed by atoms with Gasteiger partial charge in [-0.05, 0) is 30.9 Å². The van der Waals surface area contributed by atoms with Crippen LogP contribution in [0.1, 0.15) is 31.5 Å². The number of Topliss-reactive ketones (excluding diaryl/α,β-unsaturated/α-hetero) is 1. The van der Waals surface area contributed by atoms with E-state index in [1.807, 2.05) is 62.3 Å². The molecule has 2 aliphatic rings. The van der Waals surface area contributed by atoms with Gasteiger partial charge in [-0.25, -0.2) is 9.97 Å². The van der Waals surface area contributed by atoms with Gasteiger partial charge in [-0.1, -0.05) is 38.1 Å². The lowest BCUT2D eigenvalue weighted by Gasteiger charge is -2.46. The largest absolute Gasteiger partial charge is 0.362 e. The number of allylic oxidation sites excluding steroid dienone is 2. The van der Waals surface area contributed by atoms with E-state index in [9.17, 15) is 10.1 Å². The predicted octanol–water partition coefficient (Wildman–Crippen LogP) is 4.25. The molecule has 5 rings (SSSR count). The summed E-state index contributed by atoms with van der Waals surface area (Å²) in [5, 5.41) is 10.6. The van der Waals surface area contributed by atoms with E-state index < -0.39 is 5.41 Å². The van der Waals surface area contributed by atoms with Crippen molar-refractivity contribution in [3.63, 3.8) is 0 Å². The maximum atomic E-state index is 12.7. The van der Waals surface area contributed by atoms with E-state index in [4.69, 9.17) is 9.97 Å². The van der Waals surface area contributed by atoms with Crippen LogP contribution in [-0.2, 0) is 16.6 Å². The Hall–Kier alpha value is -3.59. The Kier molecular flexibility index (Phi) is 4.59. The fraction of sp³-hybridized carbons (Fsp3) is 0.346. The molecule has 2 aromatic heterocycles. The first-order chi connectivity index (χ1) is 15.3. The van der Waals surface area contributed by atoms with Gasteiger partial charge in [0.05, 0.1) is 16.8 Å². The van der Waals surface area contributed by atoms with Gasteiger partial charge in [0.25, 0.3) is 0 Å². The SMILES string of the molecule is C[C@H]1C(=O)C(C#N)=C[C@@]2(C)c3nc(-c4ccnc5ccccc45)nc(N(C)C)c3CC[C@H]12. The van der Waals surface area contributed by atoms with Gasteiger partial charge >= 0.3 is 0 Å². The molecule has 6 nitrogen and oxygen atoms in total. The zero-order valence-corrected chi connectivity index (χ0v) is 18.8. The maximum Gasteiger partial charge on any atom is 0.176 e. The molecule has 0 fully saturated rings. The monoisotopic (exact) mass is 423 g/mol. The summed E-state index contributed by atoms with van der Waals surface area (Å²) in [5.74, 6) is 1.37. The van der Waals surface area contributed by atoms with Gasteiger partial charge < -0.3 is 4.90 Å². The van der Waals surface area contributed by atoms with Crippen molar-refractivity contribution in [2.45, 2.75) is 32.1 Å². The standard InChI is InChI=1S/C26H25N5O/c1-15-20-10-9-19-23(26(20,2)13-16(14-27)22(15)32)29-24(30-25(19)31(3)4)18-11-12-28-21-8-6-5-7-17(18)21/h5-8,11-13,15,20H,9-10H2,1-4H3/t15-,20-,26-/m1/s1. The van der Waals surface area contributed by atoms with E-state index in [0.29, 0.717) is 5.82 Å². The number of anilines is 1. The second-order valence-corrected chi connectivity index (χ2v) is 9.22. The average Bonchev–Trinajstić information content (AvgIpc) is 2.80. The number of nitriles is 1. The van der Waals surface area contributed by atoms with Crippen LogP contribution in [0.25, 0.3) is 22.3 Å². The van der Waals surface area contributed by atoms with Crippen LogP contribution in [0.2, 0.25) is 0 Å². The summed E-state index contributed by atoms with van der Waals surface area (Å²) < 4.78 is 0. The van der Waals surface area contributed by atoms with Crippen LogP contribution < -0.4 is 4.90 Å². The van der Waals surface area contributed by atoms with Crippen molar-refractivity contribution >= 4 is 22.5 Å². The van der Waals surface area contributed by atoms with Crippen LogP contribution in [-0.4, -0.2) is 34.8 Å². The Balaban J connectivity index is 1.81. The van der Waals surface area contributed by atoms with E-state index in [2.05, 4.69) is 18.0 Å². The first-order valence-electron chi connectivity index (χ1n) is 10.9. The fourth-order valence-electron chi connectivity index (χ4n) is 5.54. The van der Waals surface area contributed by atoms with Crippen molar-refractivity contribution in [3.8, 4) is 17.5 Å². The quantitative estimate of drug-likeness (QED) is 0.613.